The van der Waals surface area contributed by atoms with Gasteiger partial charge in [0.25, 0.3) is 0 Å². The highest BCUT2D eigenvalue weighted by atomic mass is 35.5. The first-order chi connectivity index (χ1) is 14.4. The Labute approximate surface area is 181 Å². The van der Waals surface area contributed by atoms with E-state index in [-0.39, 0.29) is 23.2 Å². The van der Waals surface area contributed by atoms with Crippen LogP contribution in [-0.4, -0.2) is 37.8 Å². The maximum atomic E-state index is 6.55. The summed E-state index contributed by atoms with van der Waals surface area (Å²) in [6, 6.07) is 10.6. The van der Waals surface area contributed by atoms with Gasteiger partial charge in [-0.3, -0.25) is 0 Å². The van der Waals surface area contributed by atoms with Gasteiger partial charge in [0.05, 0.1) is 31.2 Å². The van der Waals surface area contributed by atoms with Crippen LogP contribution in [0.15, 0.2) is 43.0 Å². The third-order valence-corrected chi connectivity index (χ3v) is 6.67. The van der Waals surface area contributed by atoms with Crippen LogP contribution >= 0.6 is 11.6 Å². The second kappa shape index (κ2) is 7.29. The molecule has 2 aliphatic carbocycles. The molecular weight excluding hydrogens is 400 g/mol. The van der Waals surface area contributed by atoms with E-state index in [9.17, 15) is 0 Å². The van der Waals surface area contributed by atoms with E-state index >= 15 is 0 Å². The third kappa shape index (κ3) is 3.51. The first-order valence-corrected chi connectivity index (χ1v) is 10.9. The highest BCUT2D eigenvalue weighted by molar-refractivity contribution is 6.33. The van der Waals surface area contributed by atoms with Crippen molar-refractivity contribution < 1.29 is 9.47 Å². The van der Waals surface area contributed by atoms with Gasteiger partial charge in [-0.15, -0.1) is 0 Å². The second-order valence-corrected chi connectivity index (χ2v) is 9.89. The minimum absolute atomic E-state index is 0.0418. The van der Waals surface area contributed by atoms with Gasteiger partial charge in [0, 0.05) is 11.5 Å². The van der Waals surface area contributed by atoms with Crippen LogP contribution in [0.2, 0.25) is 5.15 Å². The summed E-state index contributed by atoms with van der Waals surface area (Å²) in [5.74, 6) is 0.478. The van der Waals surface area contributed by atoms with Crippen LogP contribution in [-0.2, 0) is 16.1 Å². The average molecular weight is 427 g/mol. The zero-order valence-electron chi connectivity index (χ0n) is 17.6. The molecule has 158 valence electrons. The number of benzene rings is 1. The minimum atomic E-state index is -0.207. The summed E-state index contributed by atoms with van der Waals surface area (Å²) >= 11 is 6.22. The lowest BCUT2D eigenvalue weighted by Crippen LogP contribution is -2.35. The lowest BCUT2D eigenvalue weighted by molar-refractivity contribution is -0.104. The van der Waals surface area contributed by atoms with Crippen molar-refractivity contribution in [2.75, 3.05) is 6.61 Å². The average Bonchev–Trinajstić information content (AvgIpc) is 3.14. The van der Waals surface area contributed by atoms with Crippen molar-refractivity contribution in [3.05, 3.63) is 53.7 Å². The topological polar surface area (TPSA) is 62.1 Å². The fourth-order valence-electron chi connectivity index (χ4n) is 5.02. The second-order valence-electron chi connectivity index (χ2n) is 9.53. The van der Waals surface area contributed by atoms with E-state index in [0.29, 0.717) is 29.8 Å². The molecular formula is C23H27ClN4O2. The molecule has 5 rings (SSSR count). The molecule has 0 radical (unpaired) electrons. The molecule has 0 N–H and O–H groups in total. The van der Waals surface area contributed by atoms with Crippen LogP contribution in [0.1, 0.15) is 45.2 Å². The monoisotopic (exact) mass is 426 g/mol. The van der Waals surface area contributed by atoms with Gasteiger partial charge in [-0.05, 0) is 45.1 Å². The van der Waals surface area contributed by atoms with Crippen molar-refractivity contribution in [2.24, 2.45) is 11.3 Å². The summed E-state index contributed by atoms with van der Waals surface area (Å²) < 4.78 is 14.9. The molecule has 2 aliphatic rings. The number of fused-ring (bicyclic) bond motifs is 2. The van der Waals surface area contributed by atoms with Crippen LogP contribution in [0, 0.1) is 11.3 Å². The Morgan fingerprint density at radius 2 is 1.97 bits per heavy atom. The molecule has 0 aliphatic heterocycles. The summed E-state index contributed by atoms with van der Waals surface area (Å²) in [4.78, 5) is 13.0. The number of nitrogens with zero attached hydrogens (tertiary/aromatic N) is 4. The van der Waals surface area contributed by atoms with Gasteiger partial charge in [0.2, 0.25) is 0 Å². The molecule has 0 spiro atoms. The largest absolute Gasteiger partial charge is 0.376 e. The first-order valence-electron chi connectivity index (χ1n) is 10.5. The van der Waals surface area contributed by atoms with Crippen molar-refractivity contribution in [3.63, 3.8) is 0 Å². The summed E-state index contributed by atoms with van der Waals surface area (Å²) in [7, 11) is 0. The van der Waals surface area contributed by atoms with Crippen molar-refractivity contribution in [1.29, 1.82) is 0 Å². The molecule has 6 nitrogen and oxygen atoms in total. The summed E-state index contributed by atoms with van der Waals surface area (Å²) in [6.45, 7) is 7.69. The number of rotatable bonds is 6. The maximum absolute atomic E-state index is 6.55. The van der Waals surface area contributed by atoms with Crippen molar-refractivity contribution in [1.82, 2.24) is 19.5 Å². The highest BCUT2D eigenvalue weighted by Gasteiger charge is 2.69. The molecule has 0 bridgehead atoms. The number of ether oxygens (including phenoxy) is 2. The predicted molar refractivity (Wildman–Crippen MR) is 115 cm³/mol. The van der Waals surface area contributed by atoms with Gasteiger partial charge in [0.1, 0.15) is 11.8 Å². The minimum Gasteiger partial charge on any atom is -0.376 e. The van der Waals surface area contributed by atoms with E-state index < -0.39 is 0 Å². The molecule has 0 saturated heterocycles. The van der Waals surface area contributed by atoms with Crippen molar-refractivity contribution in [3.8, 4) is 0 Å². The molecule has 1 aromatic carbocycles. The maximum Gasteiger partial charge on any atom is 0.165 e. The van der Waals surface area contributed by atoms with Crippen LogP contribution in [0.4, 0.5) is 0 Å². The number of imidazole rings is 1. The van der Waals surface area contributed by atoms with Gasteiger partial charge in [-0.1, -0.05) is 41.9 Å². The van der Waals surface area contributed by atoms with Gasteiger partial charge < -0.3 is 14.0 Å². The van der Waals surface area contributed by atoms with Gasteiger partial charge in [-0.2, -0.15) is 0 Å². The van der Waals surface area contributed by atoms with Crippen LogP contribution < -0.4 is 0 Å². The zero-order valence-corrected chi connectivity index (χ0v) is 18.3. The molecule has 0 amide bonds. The molecule has 2 unspecified atom stereocenters. The van der Waals surface area contributed by atoms with E-state index in [2.05, 4.69) is 52.4 Å². The summed E-state index contributed by atoms with van der Waals surface area (Å²) in [5, 5.41) is 0.396. The molecule has 2 heterocycles. The Kier molecular flexibility index (Phi) is 4.84. The van der Waals surface area contributed by atoms with E-state index in [1.807, 2.05) is 24.5 Å². The molecule has 4 atom stereocenters. The fourth-order valence-corrected chi connectivity index (χ4v) is 5.19. The Balaban J connectivity index is 1.39. The van der Waals surface area contributed by atoms with Crippen LogP contribution in [0.25, 0.3) is 11.2 Å². The standard InChI is InChI=1S/C23H27ClN4O2/c1-22(2,3)30-18-9-17(28-14-27-19-20(24)25-13-26-21(19)28)16-10-23(16,18)12-29-11-15-7-5-4-6-8-15/h4-8,13-14,16-18H,9-12H2,1-3H3/t16?,17-,18-,23?/m0/s1. The predicted octanol–water partition coefficient (Wildman–Crippen LogP) is 4.83. The number of halogens is 1. The number of hydrogen-bond acceptors (Lipinski definition) is 5. The van der Waals surface area contributed by atoms with Crippen molar-refractivity contribution in [2.45, 2.75) is 58.0 Å². The lowest BCUT2D eigenvalue weighted by Gasteiger charge is -2.31. The van der Waals surface area contributed by atoms with E-state index in [0.717, 1.165) is 18.5 Å². The van der Waals surface area contributed by atoms with Gasteiger partial charge in [0.15, 0.2) is 10.8 Å². The molecule has 2 aromatic heterocycles. The Bertz CT molecular complexity index is 1050. The van der Waals surface area contributed by atoms with E-state index in [1.54, 1.807) is 0 Å². The van der Waals surface area contributed by atoms with Crippen molar-refractivity contribution >= 4 is 22.8 Å². The first kappa shape index (κ1) is 19.9. The lowest BCUT2D eigenvalue weighted by atomic mass is 10.0. The van der Waals surface area contributed by atoms with Crippen LogP contribution in [0.3, 0.4) is 0 Å². The Hall–Kier alpha value is -2.02. The van der Waals surface area contributed by atoms with Gasteiger partial charge >= 0.3 is 0 Å². The zero-order chi connectivity index (χ0) is 20.9. The fraction of sp³-hybridized carbons (Fsp3) is 0.522. The van der Waals surface area contributed by atoms with E-state index in [4.69, 9.17) is 21.1 Å². The summed E-state index contributed by atoms with van der Waals surface area (Å²) in [5.41, 5.74) is 2.48. The molecule has 7 heteroatoms. The quantitative estimate of drug-likeness (QED) is 0.528. The third-order valence-electron chi connectivity index (χ3n) is 6.39. The SMILES string of the molecule is CC(C)(C)O[C@H]1C[C@H](n2cnc3c(Cl)ncnc32)C2CC21COCc1ccccc1. The molecule has 3 aromatic rings. The Morgan fingerprint density at radius 1 is 1.17 bits per heavy atom. The van der Waals surface area contributed by atoms with E-state index in [1.165, 1.54) is 11.9 Å². The molecule has 2 saturated carbocycles. The molecule has 2 fully saturated rings. The Morgan fingerprint density at radius 3 is 2.73 bits per heavy atom. The summed E-state index contributed by atoms with van der Waals surface area (Å²) in [6.07, 6.45) is 5.50. The highest BCUT2D eigenvalue weighted by Crippen LogP contribution is 2.69. The molecule has 30 heavy (non-hydrogen) atoms. The van der Waals surface area contributed by atoms with Gasteiger partial charge in [-0.25, -0.2) is 15.0 Å². The number of aromatic nitrogens is 4. The van der Waals surface area contributed by atoms with Crippen LogP contribution in [0.5, 0.6) is 0 Å². The normalized spacial score (nSPS) is 28.1. The smallest absolute Gasteiger partial charge is 0.165 e. The number of hydrogen-bond donors (Lipinski definition) is 0.